The van der Waals surface area contributed by atoms with Crippen molar-refractivity contribution in [3.63, 3.8) is 0 Å². The van der Waals surface area contributed by atoms with Crippen molar-refractivity contribution < 1.29 is 9.59 Å². The second kappa shape index (κ2) is 9.30. The summed E-state index contributed by atoms with van der Waals surface area (Å²) in [6.45, 7) is 3.04. The lowest BCUT2D eigenvalue weighted by molar-refractivity contribution is -0.116. The van der Waals surface area contributed by atoms with Crippen molar-refractivity contribution in [3.8, 4) is 0 Å². The first-order chi connectivity index (χ1) is 14.2. The number of hydrogen-bond donors (Lipinski definition) is 2. The summed E-state index contributed by atoms with van der Waals surface area (Å²) < 4.78 is 0. The maximum atomic E-state index is 12.2. The molecule has 1 aromatic carbocycles. The summed E-state index contributed by atoms with van der Waals surface area (Å²) in [7, 11) is 0. The number of fused-ring (bicyclic) bond motifs is 1. The third-order valence-electron chi connectivity index (χ3n) is 4.73. The predicted molar refractivity (Wildman–Crippen MR) is 116 cm³/mol. The van der Waals surface area contributed by atoms with E-state index in [1.165, 1.54) is 21.8 Å². The fraction of sp³-hybridized carbons (Fsp3) is 0.286. The fourth-order valence-electron chi connectivity index (χ4n) is 3.25. The summed E-state index contributed by atoms with van der Waals surface area (Å²) in [5.41, 5.74) is 3.02. The second-order valence-electron chi connectivity index (χ2n) is 6.90. The Balaban J connectivity index is 1.25. The number of thiazole rings is 1. The molecule has 2 aromatic heterocycles. The van der Waals surface area contributed by atoms with Crippen LogP contribution in [0.5, 0.6) is 0 Å². The van der Waals surface area contributed by atoms with Crippen molar-refractivity contribution in [3.05, 3.63) is 68.9 Å². The molecule has 0 saturated carbocycles. The van der Waals surface area contributed by atoms with Gasteiger partial charge in [-0.15, -0.1) is 11.3 Å². The van der Waals surface area contributed by atoms with E-state index in [-0.39, 0.29) is 18.2 Å². The number of carbonyl (C=O) groups is 2. The molecular formula is C21H22N4O2S2. The number of rotatable bonds is 7. The van der Waals surface area contributed by atoms with E-state index in [1.807, 2.05) is 11.4 Å². The zero-order valence-corrected chi connectivity index (χ0v) is 17.5. The maximum absolute atomic E-state index is 12.2. The van der Waals surface area contributed by atoms with Gasteiger partial charge in [-0.1, -0.05) is 30.3 Å². The first-order valence-electron chi connectivity index (χ1n) is 9.52. The molecule has 3 heterocycles. The van der Waals surface area contributed by atoms with E-state index in [4.69, 9.17) is 0 Å². The van der Waals surface area contributed by atoms with Gasteiger partial charge in [0, 0.05) is 54.8 Å². The van der Waals surface area contributed by atoms with Crippen LogP contribution >= 0.6 is 22.7 Å². The standard InChI is InChI=1S/C21H22N4O2S2/c26-19(6-9-22-20(27)16-8-11-28-14-16)24-21-23-17-7-10-25(13-18(17)29-21)12-15-4-2-1-3-5-15/h1-5,8,11,14H,6-7,9-10,12-13H2,(H,22,27)(H,23,24,26). The fourth-order valence-corrected chi connectivity index (χ4v) is 4.95. The summed E-state index contributed by atoms with van der Waals surface area (Å²) >= 11 is 3.02. The molecule has 1 aliphatic rings. The summed E-state index contributed by atoms with van der Waals surface area (Å²) in [5, 5.41) is 9.92. The van der Waals surface area contributed by atoms with Crippen molar-refractivity contribution in [1.29, 1.82) is 0 Å². The number of anilines is 1. The number of nitrogens with zero attached hydrogens (tertiary/aromatic N) is 2. The smallest absolute Gasteiger partial charge is 0.252 e. The lowest BCUT2D eigenvalue weighted by Crippen LogP contribution is -2.29. The van der Waals surface area contributed by atoms with Crippen LogP contribution in [0.15, 0.2) is 47.2 Å². The molecule has 29 heavy (non-hydrogen) atoms. The van der Waals surface area contributed by atoms with Gasteiger partial charge in [0.15, 0.2) is 5.13 Å². The van der Waals surface area contributed by atoms with E-state index in [1.54, 1.807) is 22.8 Å². The Hall–Kier alpha value is -2.55. The van der Waals surface area contributed by atoms with Gasteiger partial charge in [0.1, 0.15) is 0 Å². The molecule has 2 amide bonds. The second-order valence-corrected chi connectivity index (χ2v) is 8.76. The molecule has 0 aliphatic carbocycles. The molecule has 2 N–H and O–H groups in total. The zero-order valence-electron chi connectivity index (χ0n) is 15.9. The first-order valence-corrected chi connectivity index (χ1v) is 11.3. The SMILES string of the molecule is O=C(CCNC(=O)c1ccsc1)Nc1nc2c(s1)CN(Cc1ccccc1)CC2. The highest BCUT2D eigenvalue weighted by Gasteiger charge is 2.21. The summed E-state index contributed by atoms with van der Waals surface area (Å²) in [6.07, 6.45) is 1.12. The average Bonchev–Trinajstić information content (AvgIpc) is 3.38. The molecule has 4 rings (SSSR count). The molecule has 1 aliphatic heterocycles. The van der Waals surface area contributed by atoms with Gasteiger partial charge in [0.2, 0.25) is 5.91 Å². The molecule has 0 bridgehead atoms. The molecule has 0 saturated heterocycles. The monoisotopic (exact) mass is 426 g/mol. The number of thiophene rings is 1. The van der Waals surface area contributed by atoms with E-state index in [0.29, 0.717) is 17.2 Å². The average molecular weight is 427 g/mol. The van der Waals surface area contributed by atoms with Crippen LogP contribution in [0.2, 0.25) is 0 Å². The van der Waals surface area contributed by atoms with Gasteiger partial charge in [0.05, 0.1) is 5.69 Å². The highest BCUT2D eigenvalue weighted by atomic mass is 32.1. The van der Waals surface area contributed by atoms with E-state index in [0.717, 1.165) is 31.7 Å². The molecular weight excluding hydrogens is 404 g/mol. The lowest BCUT2D eigenvalue weighted by Gasteiger charge is -2.25. The van der Waals surface area contributed by atoms with E-state index < -0.39 is 0 Å². The normalized spacial score (nSPS) is 13.7. The highest BCUT2D eigenvalue weighted by Crippen LogP contribution is 2.29. The van der Waals surface area contributed by atoms with Gasteiger partial charge in [-0.3, -0.25) is 14.5 Å². The number of aromatic nitrogens is 1. The number of nitrogens with one attached hydrogen (secondary N) is 2. The summed E-state index contributed by atoms with van der Waals surface area (Å²) in [4.78, 5) is 32.3. The largest absolute Gasteiger partial charge is 0.351 e. The summed E-state index contributed by atoms with van der Waals surface area (Å²) in [5.74, 6) is -0.287. The molecule has 0 unspecified atom stereocenters. The Bertz CT molecular complexity index is 970. The Morgan fingerprint density at radius 2 is 2.03 bits per heavy atom. The van der Waals surface area contributed by atoms with E-state index in [2.05, 4.69) is 44.8 Å². The maximum Gasteiger partial charge on any atom is 0.252 e. The van der Waals surface area contributed by atoms with Crippen LogP contribution < -0.4 is 10.6 Å². The van der Waals surface area contributed by atoms with Gasteiger partial charge in [-0.2, -0.15) is 11.3 Å². The van der Waals surface area contributed by atoms with Crippen molar-refractivity contribution >= 4 is 39.6 Å². The van der Waals surface area contributed by atoms with Gasteiger partial charge in [0.25, 0.3) is 5.91 Å². The number of benzene rings is 1. The van der Waals surface area contributed by atoms with Crippen molar-refractivity contribution in [2.24, 2.45) is 0 Å². The van der Waals surface area contributed by atoms with E-state index >= 15 is 0 Å². The third kappa shape index (κ3) is 5.29. The molecule has 8 heteroatoms. The van der Waals surface area contributed by atoms with Crippen molar-refractivity contribution in [2.45, 2.75) is 25.9 Å². The molecule has 6 nitrogen and oxygen atoms in total. The van der Waals surface area contributed by atoms with Crippen LogP contribution in [0, 0.1) is 0 Å². The van der Waals surface area contributed by atoms with Crippen LogP contribution in [0.1, 0.15) is 32.9 Å². The Kier molecular flexibility index (Phi) is 6.33. The molecule has 150 valence electrons. The Labute approximate surface area is 177 Å². The van der Waals surface area contributed by atoms with Crippen LogP contribution in [0.3, 0.4) is 0 Å². The van der Waals surface area contributed by atoms with Crippen LogP contribution in [0.25, 0.3) is 0 Å². The van der Waals surface area contributed by atoms with Gasteiger partial charge in [-0.25, -0.2) is 4.98 Å². The van der Waals surface area contributed by atoms with Crippen molar-refractivity contribution in [2.75, 3.05) is 18.4 Å². The minimum atomic E-state index is -0.151. The molecule has 0 fully saturated rings. The van der Waals surface area contributed by atoms with Gasteiger partial charge >= 0.3 is 0 Å². The van der Waals surface area contributed by atoms with Gasteiger partial charge in [-0.05, 0) is 17.0 Å². The number of carbonyl (C=O) groups excluding carboxylic acids is 2. The highest BCUT2D eigenvalue weighted by molar-refractivity contribution is 7.15. The Morgan fingerprint density at radius 1 is 1.17 bits per heavy atom. The minimum Gasteiger partial charge on any atom is -0.351 e. The van der Waals surface area contributed by atoms with Crippen molar-refractivity contribution in [1.82, 2.24) is 15.2 Å². The van der Waals surface area contributed by atoms with Crippen LogP contribution in [-0.2, 0) is 24.3 Å². The zero-order chi connectivity index (χ0) is 20.1. The van der Waals surface area contributed by atoms with Gasteiger partial charge < -0.3 is 10.6 Å². The molecule has 0 spiro atoms. The third-order valence-corrected chi connectivity index (χ3v) is 6.41. The topological polar surface area (TPSA) is 74.3 Å². The van der Waals surface area contributed by atoms with Crippen LogP contribution in [-0.4, -0.2) is 34.8 Å². The lowest BCUT2D eigenvalue weighted by atomic mass is 10.1. The number of amides is 2. The molecule has 0 atom stereocenters. The Morgan fingerprint density at radius 3 is 2.83 bits per heavy atom. The van der Waals surface area contributed by atoms with Crippen LogP contribution in [0.4, 0.5) is 5.13 Å². The quantitative estimate of drug-likeness (QED) is 0.606. The minimum absolute atomic E-state index is 0.136. The molecule has 3 aromatic rings. The van der Waals surface area contributed by atoms with E-state index in [9.17, 15) is 9.59 Å². The molecule has 0 radical (unpaired) electrons. The first kappa shape index (κ1) is 19.8. The summed E-state index contributed by atoms with van der Waals surface area (Å²) in [6, 6.07) is 12.2. The number of hydrogen-bond acceptors (Lipinski definition) is 6. The predicted octanol–water partition coefficient (Wildman–Crippen LogP) is 3.52.